The Kier molecular flexibility index (Phi) is 4.59. The fourth-order valence-electron chi connectivity index (χ4n) is 3.89. The Labute approximate surface area is 172 Å². The van der Waals surface area contributed by atoms with Crippen molar-refractivity contribution in [3.63, 3.8) is 0 Å². The molecule has 3 aliphatic rings. The van der Waals surface area contributed by atoms with E-state index in [4.69, 9.17) is 18.9 Å². The van der Waals surface area contributed by atoms with Gasteiger partial charge in [-0.2, -0.15) is 0 Å². The van der Waals surface area contributed by atoms with Gasteiger partial charge in [0.2, 0.25) is 5.43 Å². The number of esters is 1. The lowest BCUT2D eigenvalue weighted by Gasteiger charge is -2.28. The van der Waals surface area contributed by atoms with Gasteiger partial charge in [-0.05, 0) is 19.1 Å². The van der Waals surface area contributed by atoms with Crippen molar-refractivity contribution in [3.8, 4) is 11.5 Å². The van der Waals surface area contributed by atoms with Crippen molar-refractivity contribution >= 4 is 33.5 Å². The van der Waals surface area contributed by atoms with Crippen LogP contribution in [0.3, 0.4) is 0 Å². The van der Waals surface area contributed by atoms with E-state index in [1.54, 1.807) is 19.1 Å². The van der Waals surface area contributed by atoms with Crippen molar-refractivity contribution < 1.29 is 18.7 Å². The number of hydrogen-bond donors (Lipinski definition) is 0. The molecule has 0 unspecified atom stereocenters. The number of carbonyl (C=O) groups is 1. The minimum absolute atomic E-state index is 0.114. The highest BCUT2D eigenvalue weighted by Crippen LogP contribution is 2.34. The largest absolute Gasteiger partial charge is 0.462 e. The van der Waals surface area contributed by atoms with Crippen molar-refractivity contribution in [1.82, 2.24) is 4.98 Å². The molecular weight excluding hydrogens is 384 g/mol. The Morgan fingerprint density at radius 2 is 1.90 bits per heavy atom. The summed E-state index contributed by atoms with van der Waals surface area (Å²) in [7, 11) is 0. The molecule has 0 bridgehead atoms. The summed E-state index contributed by atoms with van der Waals surface area (Å²) in [4.78, 5) is 32.7. The summed E-state index contributed by atoms with van der Waals surface area (Å²) in [5.74, 6) is -0.545. The number of nitrogens with zero attached hydrogens (tertiary/aromatic N) is 2. The minimum atomic E-state index is -0.701. The van der Waals surface area contributed by atoms with Crippen LogP contribution in [0, 0.1) is 0 Å². The predicted octanol–water partition coefficient (Wildman–Crippen LogP) is 3.46. The molecule has 1 saturated heterocycles. The maximum atomic E-state index is 13.1. The van der Waals surface area contributed by atoms with E-state index in [1.807, 2.05) is 30.3 Å². The highest BCUT2D eigenvalue weighted by molar-refractivity contribution is 6.06. The van der Waals surface area contributed by atoms with Gasteiger partial charge in [-0.1, -0.05) is 24.3 Å². The fourth-order valence-corrected chi connectivity index (χ4v) is 3.89. The van der Waals surface area contributed by atoms with Gasteiger partial charge in [-0.15, -0.1) is 0 Å². The van der Waals surface area contributed by atoms with Gasteiger partial charge >= 0.3 is 5.97 Å². The van der Waals surface area contributed by atoms with Gasteiger partial charge in [0.05, 0.1) is 19.8 Å². The Morgan fingerprint density at radius 3 is 2.67 bits per heavy atom. The van der Waals surface area contributed by atoms with E-state index in [0.717, 1.165) is 18.8 Å². The van der Waals surface area contributed by atoms with Crippen LogP contribution in [0.2, 0.25) is 0 Å². The first-order valence-corrected chi connectivity index (χ1v) is 9.96. The Balaban J connectivity index is 1.79. The van der Waals surface area contributed by atoms with Gasteiger partial charge in [0.15, 0.2) is 16.9 Å². The van der Waals surface area contributed by atoms with E-state index in [-0.39, 0.29) is 17.9 Å². The van der Waals surface area contributed by atoms with E-state index in [1.165, 1.54) is 0 Å². The number of ether oxygens (including phenoxy) is 2. The Morgan fingerprint density at radius 1 is 1.13 bits per heavy atom. The fraction of sp³-hybridized carbons (Fsp3) is 0.261. The molecular formula is C23H20N2O5. The Bertz CT molecular complexity index is 1290. The number of morpholine rings is 1. The molecule has 0 radical (unpaired) electrons. The molecule has 0 aromatic heterocycles. The van der Waals surface area contributed by atoms with Crippen LogP contribution >= 0.6 is 0 Å². The Hall–Kier alpha value is -3.45. The smallest absolute Gasteiger partial charge is 0.346 e. The first kappa shape index (κ1) is 18.6. The van der Waals surface area contributed by atoms with Crippen LogP contribution in [0.4, 0.5) is 5.69 Å². The van der Waals surface area contributed by atoms with E-state index < -0.39 is 11.4 Å². The average Bonchev–Trinajstić information content (AvgIpc) is 2.79. The van der Waals surface area contributed by atoms with Crippen LogP contribution in [0.15, 0.2) is 51.7 Å². The molecule has 5 rings (SSSR count). The molecule has 0 spiro atoms. The van der Waals surface area contributed by atoms with Gasteiger partial charge in [0.25, 0.3) is 0 Å². The van der Waals surface area contributed by atoms with Crippen molar-refractivity contribution in [3.05, 3.63) is 58.3 Å². The van der Waals surface area contributed by atoms with E-state index in [9.17, 15) is 9.59 Å². The maximum Gasteiger partial charge on any atom is 0.346 e. The molecule has 30 heavy (non-hydrogen) atoms. The molecule has 0 atom stereocenters. The molecule has 7 nitrogen and oxygen atoms in total. The average molecular weight is 404 g/mol. The zero-order chi connectivity index (χ0) is 20.7. The third-order valence-electron chi connectivity index (χ3n) is 5.34. The summed E-state index contributed by atoms with van der Waals surface area (Å²) in [6, 6.07) is 12.9. The monoisotopic (exact) mass is 404 g/mol. The molecule has 7 heteroatoms. The number of rotatable bonds is 3. The SMILES string of the molecule is CCOC(=O)c1c2oc3cc(N4CCOCC4)ccc3nc-2c2ccccc2c1=O. The summed E-state index contributed by atoms with van der Waals surface area (Å²) in [6.07, 6.45) is 0. The van der Waals surface area contributed by atoms with Crippen LogP contribution < -0.4 is 10.3 Å². The molecule has 2 aliphatic heterocycles. The van der Waals surface area contributed by atoms with Gasteiger partial charge in [0.1, 0.15) is 11.2 Å². The zero-order valence-corrected chi connectivity index (χ0v) is 16.5. The topological polar surface area (TPSA) is 81.9 Å². The van der Waals surface area contributed by atoms with Crippen LogP contribution in [-0.2, 0) is 9.47 Å². The lowest BCUT2D eigenvalue weighted by molar-refractivity contribution is 0.0524. The van der Waals surface area contributed by atoms with Gasteiger partial charge in [-0.25, -0.2) is 9.78 Å². The molecule has 0 N–H and O–H groups in total. The number of benzene rings is 3. The highest BCUT2D eigenvalue weighted by Gasteiger charge is 2.27. The normalized spacial score (nSPS) is 14.5. The van der Waals surface area contributed by atoms with Crippen LogP contribution in [0.25, 0.3) is 33.3 Å². The summed E-state index contributed by atoms with van der Waals surface area (Å²) in [5, 5.41) is 1.06. The van der Waals surface area contributed by atoms with Crippen LogP contribution in [0.5, 0.6) is 0 Å². The quantitative estimate of drug-likeness (QED) is 0.294. The van der Waals surface area contributed by atoms with E-state index >= 15 is 0 Å². The van der Waals surface area contributed by atoms with Gasteiger partial charge < -0.3 is 18.8 Å². The first-order valence-electron chi connectivity index (χ1n) is 9.96. The molecule has 0 amide bonds. The zero-order valence-electron chi connectivity index (χ0n) is 16.5. The standard InChI is InChI=1S/C23H20N2O5/c1-2-29-23(27)19-21(26)16-6-4-3-5-15(16)20-22(19)30-18-13-14(7-8-17(18)24-20)25-9-11-28-12-10-25/h3-8,13H,2,9-12H2,1H3. The molecule has 2 aromatic carbocycles. The first-order chi connectivity index (χ1) is 14.7. The lowest BCUT2D eigenvalue weighted by atomic mass is 9.99. The predicted molar refractivity (Wildman–Crippen MR) is 113 cm³/mol. The number of fused-ring (bicyclic) bond motifs is 4. The summed E-state index contributed by atoms with van der Waals surface area (Å²) in [6.45, 7) is 4.78. The molecule has 1 fully saturated rings. The number of hydrogen-bond acceptors (Lipinski definition) is 7. The second-order valence-electron chi connectivity index (χ2n) is 7.11. The van der Waals surface area contributed by atoms with Gasteiger partial charge in [-0.3, -0.25) is 4.79 Å². The van der Waals surface area contributed by atoms with Crippen molar-refractivity contribution in [2.45, 2.75) is 6.92 Å². The minimum Gasteiger partial charge on any atom is -0.462 e. The third kappa shape index (κ3) is 2.98. The second kappa shape index (κ2) is 7.42. The molecule has 152 valence electrons. The second-order valence-corrected chi connectivity index (χ2v) is 7.11. The molecule has 0 saturated carbocycles. The number of aromatic nitrogens is 1. The van der Waals surface area contributed by atoms with Crippen molar-refractivity contribution in [2.24, 2.45) is 0 Å². The van der Waals surface area contributed by atoms with Crippen molar-refractivity contribution in [2.75, 3.05) is 37.8 Å². The van der Waals surface area contributed by atoms with Crippen LogP contribution in [0.1, 0.15) is 17.3 Å². The van der Waals surface area contributed by atoms with Gasteiger partial charge in [0, 0.05) is 35.6 Å². The van der Waals surface area contributed by atoms with E-state index in [0.29, 0.717) is 40.8 Å². The van der Waals surface area contributed by atoms with E-state index in [2.05, 4.69) is 4.90 Å². The third-order valence-corrected chi connectivity index (χ3v) is 5.34. The highest BCUT2D eigenvalue weighted by atomic mass is 16.5. The number of carbonyl (C=O) groups excluding carboxylic acids is 1. The summed E-state index contributed by atoms with van der Waals surface area (Å²) >= 11 is 0. The summed E-state index contributed by atoms with van der Waals surface area (Å²) < 4.78 is 16.7. The van der Waals surface area contributed by atoms with Crippen LogP contribution in [-0.4, -0.2) is 43.9 Å². The summed E-state index contributed by atoms with van der Waals surface area (Å²) in [5.41, 5.74) is 2.09. The molecule has 1 aliphatic carbocycles. The maximum absolute atomic E-state index is 13.1. The van der Waals surface area contributed by atoms with Crippen molar-refractivity contribution in [1.29, 1.82) is 0 Å². The molecule has 2 aromatic rings. The lowest BCUT2D eigenvalue weighted by Crippen LogP contribution is -2.36. The number of anilines is 1. The molecule has 2 heterocycles.